The maximum absolute atomic E-state index is 12.0. The Morgan fingerprint density at radius 2 is 1.39 bits per heavy atom. The van der Waals surface area contributed by atoms with E-state index in [9.17, 15) is 9.59 Å². The highest BCUT2D eigenvalue weighted by molar-refractivity contribution is 5.67. The molecule has 0 saturated carbocycles. The lowest BCUT2D eigenvalue weighted by Gasteiger charge is -2.45. The summed E-state index contributed by atoms with van der Waals surface area (Å²) >= 11 is 0. The number of piperidine rings is 1. The number of benzene rings is 2. The van der Waals surface area contributed by atoms with Crippen LogP contribution >= 0.6 is 0 Å². The maximum Gasteiger partial charge on any atom is 0.303 e. The molecule has 0 spiro atoms. The summed E-state index contributed by atoms with van der Waals surface area (Å²) in [4.78, 5) is 23.8. The van der Waals surface area contributed by atoms with Gasteiger partial charge >= 0.3 is 11.9 Å². The molecule has 0 radical (unpaired) electrons. The van der Waals surface area contributed by atoms with Crippen LogP contribution in [0.1, 0.15) is 25.0 Å². The Morgan fingerprint density at radius 3 is 1.94 bits per heavy atom. The number of esters is 2. The van der Waals surface area contributed by atoms with Crippen molar-refractivity contribution >= 4 is 11.9 Å². The molecule has 2 aromatic rings. The second kappa shape index (κ2) is 12.3. The van der Waals surface area contributed by atoms with E-state index in [4.69, 9.17) is 18.9 Å². The third-order valence-electron chi connectivity index (χ3n) is 5.36. The van der Waals surface area contributed by atoms with E-state index in [1.165, 1.54) is 13.8 Å². The smallest absolute Gasteiger partial charge is 0.303 e. The minimum Gasteiger partial charge on any atom is -0.458 e. The zero-order valence-electron chi connectivity index (χ0n) is 19.0. The zero-order chi connectivity index (χ0) is 23.6. The first-order valence-corrected chi connectivity index (χ1v) is 11.0. The first-order valence-electron chi connectivity index (χ1n) is 11.0. The van der Waals surface area contributed by atoms with Crippen molar-refractivity contribution in [3.63, 3.8) is 0 Å². The minimum absolute atomic E-state index is 0.259. The molecule has 1 saturated heterocycles. The predicted octanol–water partition coefficient (Wildman–Crippen LogP) is 3.18. The molecular weight excluding hydrogens is 422 g/mol. The van der Waals surface area contributed by atoms with Gasteiger partial charge in [0.2, 0.25) is 0 Å². The van der Waals surface area contributed by atoms with Crippen LogP contribution in [-0.2, 0) is 41.8 Å². The van der Waals surface area contributed by atoms with Crippen LogP contribution in [0.4, 0.5) is 0 Å². The molecule has 0 amide bonds. The molecule has 0 bridgehead atoms. The summed E-state index contributed by atoms with van der Waals surface area (Å²) in [6.07, 6.45) is -0.505. The largest absolute Gasteiger partial charge is 0.458 e. The van der Waals surface area contributed by atoms with Crippen molar-refractivity contribution in [3.05, 3.63) is 84.4 Å². The molecule has 3 rings (SSSR count). The molecule has 1 fully saturated rings. The lowest BCUT2D eigenvalue weighted by atomic mass is 9.89. The Bertz CT molecular complexity index is 904. The van der Waals surface area contributed by atoms with Gasteiger partial charge in [0.15, 0.2) is 6.10 Å². The molecule has 33 heavy (non-hydrogen) atoms. The van der Waals surface area contributed by atoms with Crippen LogP contribution in [0.5, 0.6) is 0 Å². The molecule has 0 aromatic heterocycles. The summed E-state index contributed by atoms with van der Waals surface area (Å²) in [6, 6.07) is 18.6. The van der Waals surface area contributed by atoms with Crippen LogP contribution in [0.15, 0.2) is 73.3 Å². The highest BCUT2D eigenvalue weighted by Gasteiger charge is 2.48. The van der Waals surface area contributed by atoms with Gasteiger partial charge in [-0.15, -0.1) is 6.58 Å². The summed E-state index contributed by atoms with van der Waals surface area (Å²) in [5.74, 6) is -0.913. The van der Waals surface area contributed by atoms with E-state index in [2.05, 4.69) is 11.9 Å². The van der Waals surface area contributed by atoms with Gasteiger partial charge in [-0.05, 0) is 11.1 Å². The van der Waals surface area contributed by atoms with Crippen LogP contribution in [0.25, 0.3) is 0 Å². The Hall–Kier alpha value is -3.00. The molecule has 7 nitrogen and oxygen atoms in total. The fourth-order valence-corrected chi connectivity index (χ4v) is 3.91. The highest BCUT2D eigenvalue weighted by Crippen LogP contribution is 2.26. The zero-order valence-corrected chi connectivity index (χ0v) is 19.0. The number of nitrogens with one attached hydrogen (secondary N) is 1. The normalized spacial score (nSPS) is 24.6. The number of carbonyl (C=O) groups is 2. The monoisotopic (exact) mass is 453 g/mol. The standard InChI is InChI=1S/C26H31NO6/c1-4-22-24(32-18(2)28)26(31-16-21-13-9-6-10-14-21)25(33-19(3)29)23(27-22)17-30-15-20-11-7-5-8-12-20/h4-14,22-27H,1,15-17H2,2-3H3/t22-,23?,24?,25-,26?/m1/s1. The molecule has 1 aliphatic rings. The summed E-state index contributed by atoms with van der Waals surface area (Å²) < 4.78 is 23.4. The highest BCUT2D eigenvalue weighted by atomic mass is 16.6. The summed E-state index contributed by atoms with van der Waals surface area (Å²) in [7, 11) is 0. The summed E-state index contributed by atoms with van der Waals surface area (Å²) in [5, 5.41) is 3.35. The number of hydrogen-bond acceptors (Lipinski definition) is 7. The third kappa shape index (κ3) is 7.25. The number of ether oxygens (including phenoxy) is 4. The van der Waals surface area contributed by atoms with Crippen LogP contribution in [0.2, 0.25) is 0 Å². The fourth-order valence-electron chi connectivity index (χ4n) is 3.91. The second-order valence-electron chi connectivity index (χ2n) is 7.94. The molecule has 7 heteroatoms. The first-order chi connectivity index (χ1) is 16.0. The van der Waals surface area contributed by atoms with E-state index in [0.717, 1.165) is 11.1 Å². The molecular formula is C26H31NO6. The first kappa shape index (κ1) is 24.6. The number of carbonyl (C=O) groups excluding carboxylic acids is 2. The van der Waals surface area contributed by atoms with E-state index in [1.807, 2.05) is 60.7 Å². The summed E-state index contributed by atoms with van der Waals surface area (Å²) in [5.41, 5.74) is 1.98. The van der Waals surface area contributed by atoms with Crippen molar-refractivity contribution < 1.29 is 28.5 Å². The molecule has 176 valence electrons. The van der Waals surface area contributed by atoms with Crippen LogP contribution in [0.3, 0.4) is 0 Å². The molecule has 1 heterocycles. The lowest BCUT2D eigenvalue weighted by molar-refractivity contribution is -0.194. The number of hydrogen-bond donors (Lipinski definition) is 1. The van der Waals surface area contributed by atoms with Crippen LogP contribution in [-0.4, -0.2) is 48.9 Å². The minimum atomic E-state index is -0.734. The van der Waals surface area contributed by atoms with Crippen molar-refractivity contribution in [1.82, 2.24) is 5.32 Å². The quantitative estimate of drug-likeness (QED) is 0.437. The van der Waals surface area contributed by atoms with Crippen molar-refractivity contribution in [2.24, 2.45) is 0 Å². The average Bonchev–Trinajstić information content (AvgIpc) is 2.80. The molecule has 1 aliphatic heterocycles. The van der Waals surface area contributed by atoms with Gasteiger partial charge < -0.3 is 18.9 Å². The van der Waals surface area contributed by atoms with Gasteiger partial charge in [0.25, 0.3) is 0 Å². The van der Waals surface area contributed by atoms with E-state index in [-0.39, 0.29) is 13.2 Å². The van der Waals surface area contributed by atoms with Gasteiger partial charge in [0.05, 0.1) is 31.9 Å². The van der Waals surface area contributed by atoms with E-state index in [1.54, 1.807) is 6.08 Å². The van der Waals surface area contributed by atoms with Gasteiger partial charge in [-0.2, -0.15) is 0 Å². The molecule has 5 atom stereocenters. The Balaban J connectivity index is 1.81. The Labute approximate surface area is 194 Å². The predicted molar refractivity (Wildman–Crippen MR) is 123 cm³/mol. The fraction of sp³-hybridized carbons (Fsp3) is 0.385. The molecule has 1 N–H and O–H groups in total. The Kier molecular flexibility index (Phi) is 9.18. The SMILES string of the molecule is C=C[C@H]1NC(COCc2ccccc2)[C@@H](OC(C)=O)C(OCc2ccccc2)C1OC(C)=O. The third-order valence-corrected chi connectivity index (χ3v) is 5.36. The van der Waals surface area contributed by atoms with Crippen molar-refractivity contribution in [1.29, 1.82) is 0 Å². The van der Waals surface area contributed by atoms with E-state index >= 15 is 0 Å². The maximum atomic E-state index is 12.0. The van der Waals surface area contributed by atoms with Crippen molar-refractivity contribution in [2.75, 3.05) is 6.61 Å². The molecule has 2 aromatic carbocycles. The van der Waals surface area contributed by atoms with Gasteiger partial charge in [-0.1, -0.05) is 66.7 Å². The molecule has 0 aliphatic carbocycles. The second-order valence-corrected chi connectivity index (χ2v) is 7.94. The Morgan fingerprint density at radius 1 is 0.848 bits per heavy atom. The van der Waals surface area contributed by atoms with Gasteiger partial charge in [0, 0.05) is 13.8 Å². The van der Waals surface area contributed by atoms with Gasteiger partial charge in [0.1, 0.15) is 12.2 Å². The lowest BCUT2D eigenvalue weighted by Crippen LogP contribution is -2.67. The van der Waals surface area contributed by atoms with Crippen molar-refractivity contribution in [3.8, 4) is 0 Å². The van der Waals surface area contributed by atoms with Crippen molar-refractivity contribution in [2.45, 2.75) is 57.5 Å². The number of rotatable bonds is 10. The van der Waals surface area contributed by atoms with Crippen LogP contribution < -0.4 is 5.32 Å². The van der Waals surface area contributed by atoms with E-state index < -0.39 is 42.3 Å². The topological polar surface area (TPSA) is 83.1 Å². The average molecular weight is 454 g/mol. The van der Waals surface area contributed by atoms with Crippen LogP contribution in [0, 0.1) is 0 Å². The van der Waals surface area contributed by atoms with Gasteiger partial charge in [-0.25, -0.2) is 0 Å². The van der Waals surface area contributed by atoms with Gasteiger partial charge in [-0.3, -0.25) is 14.9 Å². The molecule has 3 unspecified atom stereocenters. The van der Waals surface area contributed by atoms with E-state index in [0.29, 0.717) is 6.61 Å². The summed E-state index contributed by atoms with van der Waals surface area (Å²) in [6.45, 7) is 7.50.